The number of hydrogen-bond donors (Lipinski definition) is 2. The monoisotopic (exact) mass is 283 g/mol. The third-order valence-corrected chi connectivity index (χ3v) is 2.97. The summed E-state index contributed by atoms with van der Waals surface area (Å²) in [6.45, 7) is 0.387. The molecule has 2 unspecified atom stereocenters. The van der Waals surface area contributed by atoms with Gasteiger partial charge in [0, 0.05) is 13.6 Å². The molecule has 110 valence electrons. The second-order valence-electron chi connectivity index (χ2n) is 4.40. The van der Waals surface area contributed by atoms with Crippen LogP contribution >= 0.6 is 0 Å². The number of alkyl halides is 3. The number of morpholine rings is 1. The van der Waals surface area contributed by atoms with Gasteiger partial charge in [-0.25, -0.2) is 0 Å². The van der Waals surface area contributed by atoms with Crippen molar-refractivity contribution in [3.63, 3.8) is 0 Å². The van der Waals surface area contributed by atoms with Gasteiger partial charge in [0.15, 0.2) is 5.54 Å². The molecular weight excluding hydrogens is 267 g/mol. The zero-order valence-electron chi connectivity index (χ0n) is 10.6. The van der Waals surface area contributed by atoms with Crippen LogP contribution in [0.25, 0.3) is 0 Å². The van der Waals surface area contributed by atoms with E-state index in [0.717, 1.165) is 4.90 Å². The molecule has 0 bridgehead atoms. The molecule has 0 aromatic rings. The van der Waals surface area contributed by atoms with E-state index in [0.29, 0.717) is 6.92 Å². The van der Waals surface area contributed by atoms with E-state index in [-0.39, 0.29) is 19.8 Å². The van der Waals surface area contributed by atoms with Crippen LogP contribution < -0.4 is 11.1 Å². The number of nitrogens with two attached hydrogens (primary N) is 1. The molecule has 0 aromatic carbocycles. The van der Waals surface area contributed by atoms with E-state index in [2.05, 4.69) is 5.32 Å². The topological polar surface area (TPSA) is 84.7 Å². The van der Waals surface area contributed by atoms with Gasteiger partial charge in [0.25, 0.3) is 5.91 Å². The quantitative estimate of drug-likeness (QED) is 0.697. The summed E-state index contributed by atoms with van der Waals surface area (Å²) in [4.78, 5) is 24.3. The van der Waals surface area contributed by atoms with E-state index in [1.807, 2.05) is 0 Å². The van der Waals surface area contributed by atoms with E-state index in [1.54, 1.807) is 0 Å². The summed E-state index contributed by atoms with van der Waals surface area (Å²) in [5.41, 5.74) is 2.05. The number of ether oxygens (including phenoxy) is 1. The van der Waals surface area contributed by atoms with Gasteiger partial charge in [-0.15, -0.1) is 0 Å². The number of nitrogens with one attached hydrogen (secondary N) is 1. The van der Waals surface area contributed by atoms with Crippen molar-refractivity contribution in [1.29, 1.82) is 0 Å². The van der Waals surface area contributed by atoms with Crippen LogP contribution in [0.2, 0.25) is 0 Å². The fourth-order valence-corrected chi connectivity index (χ4v) is 1.65. The number of carbonyl (C=O) groups excluding carboxylic acids is 2. The predicted octanol–water partition coefficient (Wildman–Crippen LogP) is -0.760. The van der Waals surface area contributed by atoms with E-state index in [4.69, 9.17) is 10.5 Å². The van der Waals surface area contributed by atoms with Crippen LogP contribution in [-0.4, -0.2) is 61.3 Å². The molecule has 0 radical (unpaired) electrons. The first kappa shape index (κ1) is 15.7. The maximum atomic E-state index is 12.7. The molecule has 2 atom stereocenters. The first-order chi connectivity index (χ1) is 8.63. The van der Waals surface area contributed by atoms with Gasteiger partial charge in [-0.2, -0.15) is 13.2 Å². The number of nitrogens with zero attached hydrogens (tertiary/aromatic N) is 1. The molecular formula is C10H16F3N3O3. The molecule has 0 spiro atoms. The lowest BCUT2D eigenvalue weighted by Crippen LogP contribution is -2.67. The third kappa shape index (κ3) is 2.98. The summed E-state index contributed by atoms with van der Waals surface area (Å²) in [5.74, 6) is -1.93. The van der Waals surface area contributed by atoms with E-state index >= 15 is 0 Å². The number of carbonyl (C=O) groups is 2. The highest BCUT2D eigenvalue weighted by Crippen LogP contribution is 2.30. The zero-order chi connectivity index (χ0) is 14.8. The minimum absolute atomic E-state index is 0.0627. The molecule has 1 aliphatic rings. The fraction of sp³-hybridized carbons (Fsp3) is 0.800. The van der Waals surface area contributed by atoms with Gasteiger partial charge in [-0.1, -0.05) is 0 Å². The van der Waals surface area contributed by atoms with Gasteiger partial charge in [-0.05, 0) is 6.92 Å². The fourth-order valence-electron chi connectivity index (χ4n) is 1.65. The Hall–Kier alpha value is -1.35. The smallest absolute Gasteiger partial charge is 0.377 e. The summed E-state index contributed by atoms with van der Waals surface area (Å²) in [5, 5.41) is 2.27. The average Bonchev–Trinajstić information content (AvgIpc) is 2.35. The number of halogens is 3. The molecule has 1 heterocycles. The minimum Gasteiger partial charge on any atom is -0.377 e. The van der Waals surface area contributed by atoms with Crippen LogP contribution in [0.3, 0.4) is 0 Å². The Morgan fingerprint density at radius 2 is 2.00 bits per heavy atom. The Morgan fingerprint density at radius 1 is 1.42 bits per heavy atom. The number of likely N-dealkylation sites (N-methyl/N-ethyl adjacent to an activating group) is 1. The number of amides is 2. The molecule has 1 fully saturated rings. The van der Waals surface area contributed by atoms with Crippen molar-refractivity contribution >= 4 is 11.8 Å². The molecule has 3 N–H and O–H groups in total. The van der Waals surface area contributed by atoms with Crippen LogP contribution in [0.15, 0.2) is 0 Å². The lowest BCUT2D eigenvalue weighted by molar-refractivity contribution is -0.198. The predicted molar refractivity (Wildman–Crippen MR) is 59.0 cm³/mol. The normalized spacial score (nSPS) is 23.7. The van der Waals surface area contributed by atoms with Crippen LogP contribution in [0, 0.1) is 0 Å². The van der Waals surface area contributed by atoms with Crippen LogP contribution in [0.5, 0.6) is 0 Å². The lowest BCUT2D eigenvalue weighted by Gasteiger charge is -2.39. The minimum atomic E-state index is -4.89. The van der Waals surface area contributed by atoms with Crippen LogP contribution in [0.4, 0.5) is 13.2 Å². The molecule has 1 rings (SSSR count). The maximum absolute atomic E-state index is 12.7. The number of hydrogen-bond acceptors (Lipinski definition) is 4. The van der Waals surface area contributed by atoms with Gasteiger partial charge < -0.3 is 20.7 Å². The SMILES string of the molecule is CNC(=O)C1COCCN1C(=O)C(C)(N)C(F)(F)F. The molecule has 0 aliphatic carbocycles. The van der Waals surface area contributed by atoms with Gasteiger partial charge in [0.05, 0.1) is 13.2 Å². The molecule has 1 aliphatic heterocycles. The molecule has 19 heavy (non-hydrogen) atoms. The highest BCUT2D eigenvalue weighted by atomic mass is 19.4. The second-order valence-corrected chi connectivity index (χ2v) is 4.40. The Kier molecular flexibility index (Phi) is 4.41. The lowest BCUT2D eigenvalue weighted by atomic mass is 9.99. The van der Waals surface area contributed by atoms with Crippen molar-refractivity contribution in [2.24, 2.45) is 5.73 Å². The summed E-state index contributed by atoms with van der Waals surface area (Å²) in [7, 11) is 1.32. The molecule has 9 heteroatoms. The van der Waals surface area contributed by atoms with Crippen molar-refractivity contribution in [3.8, 4) is 0 Å². The standard InChI is InChI=1S/C10H16F3N3O3/c1-9(14,10(11,12)13)8(18)16-3-4-19-5-6(16)7(17)15-2/h6H,3-5,14H2,1-2H3,(H,15,17). The third-order valence-electron chi connectivity index (χ3n) is 2.97. The molecule has 2 amide bonds. The first-order valence-electron chi connectivity index (χ1n) is 5.59. The Bertz CT molecular complexity index is 371. The highest BCUT2D eigenvalue weighted by molar-refractivity contribution is 5.92. The van der Waals surface area contributed by atoms with Gasteiger partial charge in [0.1, 0.15) is 6.04 Å². The Balaban J connectivity index is 2.98. The zero-order valence-corrected chi connectivity index (χ0v) is 10.6. The van der Waals surface area contributed by atoms with Gasteiger partial charge in [-0.3, -0.25) is 9.59 Å². The molecule has 0 saturated carbocycles. The Morgan fingerprint density at radius 3 is 2.47 bits per heavy atom. The molecule has 6 nitrogen and oxygen atoms in total. The first-order valence-corrected chi connectivity index (χ1v) is 5.59. The van der Waals surface area contributed by atoms with E-state index < -0.39 is 29.6 Å². The summed E-state index contributed by atoms with van der Waals surface area (Å²) in [6, 6.07) is -1.10. The Labute approximate surface area is 108 Å². The number of rotatable bonds is 2. The summed E-state index contributed by atoms with van der Waals surface area (Å²) in [6.07, 6.45) is -4.89. The van der Waals surface area contributed by atoms with Crippen molar-refractivity contribution in [3.05, 3.63) is 0 Å². The van der Waals surface area contributed by atoms with Crippen LogP contribution in [-0.2, 0) is 14.3 Å². The summed E-state index contributed by atoms with van der Waals surface area (Å²) < 4.78 is 43.2. The van der Waals surface area contributed by atoms with Crippen LogP contribution in [0.1, 0.15) is 6.92 Å². The molecule has 1 saturated heterocycles. The highest BCUT2D eigenvalue weighted by Gasteiger charge is 2.56. The maximum Gasteiger partial charge on any atom is 0.415 e. The van der Waals surface area contributed by atoms with E-state index in [9.17, 15) is 22.8 Å². The average molecular weight is 283 g/mol. The van der Waals surface area contributed by atoms with Crippen molar-refractivity contribution < 1.29 is 27.5 Å². The van der Waals surface area contributed by atoms with Crippen molar-refractivity contribution in [2.45, 2.75) is 24.7 Å². The second kappa shape index (κ2) is 5.33. The van der Waals surface area contributed by atoms with E-state index in [1.165, 1.54) is 7.05 Å². The largest absolute Gasteiger partial charge is 0.415 e. The summed E-state index contributed by atoms with van der Waals surface area (Å²) >= 11 is 0. The van der Waals surface area contributed by atoms with Crippen molar-refractivity contribution in [2.75, 3.05) is 26.8 Å². The van der Waals surface area contributed by atoms with Gasteiger partial charge >= 0.3 is 6.18 Å². The molecule has 0 aromatic heterocycles. The van der Waals surface area contributed by atoms with Crippen molar-refractivity contribution in [1.82, 2.24) is 10.2 Å². The van der Waals surface area contributed by atoms with Gasteiger partial charge in [0.2, 0.25) is 5.91 Å².